The van der Waals surface area contributed by atoms with Crippen molar-refractivity contribution in [3.8, 4) is 5.75 Å². The van der Waals surface area contributed by atoms with Crippen molar-refractivity contribution >= 4 is 27.7 Å². The van der Waals surface area contributed by atoms with E-state index in [1.807, 2.05) is 55.5 Å². The minimum absolute atomic E-state index is 0.0774. The summed E-state index contributed by atoms with van der Waals surface area (Å²) in [6, 6.07) is 15.7. The second-order valence-electron chi connectivity index (χ2n) is 9.63. The van der Waals surface area contributed by atoms with Gasteiger partial charge in [0.2, 0.25) is 0 Å². The SMILES string of the molecule is CCOC(=O)C1=C(C)NC2=C(C(=O)CC(C)(C)C2)[C@H]1c1ccc(OCc2ccc(Br)cc2)cc1. The van der Waals surface area contributed by atoms with E-state index >= 15 is 0 Å². The lowest BCUT2D eigenvalue weighted by atomic mass is 9.68. The Morgan fingerprint density at radius 3 is 2.41 bits per heavy atom. The Balaban J connectivity index is 1.65. The van der Waals surface area contributed by atoms with Crippen LogP contribution in [0.25, 0.3) is 0 Å². The van der Waals surface area contributed by atoms with E-state index in [-0.39, 0.29) is 17.8 Å². The van der Waals surface area contributed by atoms with Crippen molar-refractivity contribution in [2.24, 2.45) is 5.41 Å². The average molecular weight is 524 g/mol. The van der Waals surface area contributed by atoms with Crippen molar-refractivity contribution in [1.82, 2.24) is 5.32 Å². The monoisotopic (exact) mass is 523 g/mol. The third-order valence-corrected chi connectivity index (χ3v) is 6.80. The number of benzene rings is 2. The number of Topliss-reactive ketones (excluding diaryl/α,β-unsaturated/α-hetero) is 1. The predicted molar refractivity (Wildman–Crippen MR) is 135 cm³/mol. The summed E-state index contributed by atoms with van der Waals surface area (Å²) < 4.78 is 12.4. The minimum atomic E-state index is -0.459. The molecule has 1 aliphatic heterocycles. The van der Waals surface area contributed by atoms with Crippen molar-refractivity contribution in [3.05, 3.63) is 86.7 Å². The number of carbonyl (C=O) groups excluding carboxylic acids is 2. The second-order valence-corrected chi connectivity index (χ2v) is 10.6. The highest BCUT2D eigenvalue weighted by atomic mass is 79.9. The van der Waals surface area contributed by atoms with Gasteiger partial charge in [0.25, 0.3) is 0 Å². The molecule has 4 rings (SSSR count). The summed E-state index contributed by atoms with van der Waals surface area (Å²) >= 11 is 3.44. The van der Waals surface area contributed by atoms with Gasteiger partial charge < -0.3 is 14.8 Å². The number of rotatable bonds is 6. The number of ketones is 1. The fourth-order valence-electron chi connectivity index (χ4n) is 4.75. The van der Waals surface area contributed by atoms with E-state index in [9.17, 15) is 9.59 Å². The van der Waals surface area contributed by atoms with Crippen molar-refractivity contribution < 1.29 is 19.1 Å². The lowest BCUT2D eigenvalue weighted by Crippen LogP contribution is -2.38. The molecule has 0 spiro atoms. The van der Waals surface area contributed by atoms with Crippen molar-refractivity contribution in [2.45, 2.75) is 53.1 Å². The summed E-state index contributed by atoms with van der Waals surface area (Å²) in [6.45, 7) is 8.60. The van der Waals surface area contributed by atoms with Crippen LogP contribution >= 0.6 is 15.9 Å². The highest BCUT2D eigenvalue weighted by Crippen LogP contribution is 2.47. The maximum Gasteiger partial charge on any atom is 0.336 e. The molecule has 0 amide bonds. The van der Waals surface area contributed by atoms with Gasteiger partial charge in [-0.15, -0.1) is 0 Å². The summed E-state index contributed by atoms with van der Waals surface area (Å²) in [5.41, 5.74) is 4.64. The number of halogens is 1. The molecule has 2 aliphatic rings. The smallest absolute Gasteiger partial charge is 0.336 e. The number of esters is 1. The van der Waals surface area contributed by atoms with E-state index < -0.39 is 11.9 Å². The first-order valence-electron chi connectivity index (χ1n) is 11.6. The molecule has 1 N–H and O–H groups in total. The van der Waals surface area contributed by atoms with Gasteiger partial charge in [-0.05, 0) is 61.1 Å². The largest absolute Gasteiger partial charge is 0.489 e. The number of ether oxygens (including phenoxy) is 2. The van der Waals surface area contributed by atoms with Crippen LogP contribution < -0.4 is 10.1 Å². The second kappa shape index (κ2) is 9.79. The molecule has 0 radical (unpaired) electrons. The molecule has 1 atom stereocenters. The summed E-state index contributed by atoms with van der Waals surface area (Å²) in [5, 5.41) is 3.36. The number of allylic oxidation sites excluding steroid dienone is 3. The summed E-state index contributed by atoms with van der Waals surface area (Å²) in [6.07, 6.45) is 1.21. The predicted octanol–water partition coefficient (Wildman–Crippen LogP) is 6.20. The molecular formula is C28H30BrNO4. The molecule has 0 fully saturated rings. The third kappa shape index (κ3) is 5.12. The molecule has 34 heavy (non-hydrogen) atoms. The molecule has 2 aromatic rings. The molecule has 178 valence electrons. The first kappa shape index (κ1) is 24.3. The number of nitrogens with one attached hydrogen (secondary N) is 1. The lowest BCUT2D eigenvalue weighted by Gasteiger charge is -2.39. The fraction of sp³-hybridized carbons (Fsp3) is 0.357. The third-order valence-electron chi connectivity index (χ3n) is 6.27. The molecule has 0 bridgehead atoms. The van der Waals surface area contributed by atoms with Crippen LogP contribution in [0.3, 0.4) is 0 Å². The molecule has 0 saturated carbocycles. The Morgan fingerprint density at radius 2 is 1.76 bits per heavy atom. The van der Waals surface area contributed by atoms with Gasteiger partial charge in [-0.1, -0.05) is 54.0 Å². The fourth-order valence-corrected chi connectivity index (χ4v) is 5.02. The summed E-state index contributed by atoms with van der Waals surface area (Å²) in [5.74, 6) is -0.0467. The van der Waals surface area contributed by atoms with Gasteiger partial charge in [0.15, 0.2) is 5.78 Å². The molecular weight excluding hydrogens is 494 g/mol. The van der Waals surface area contributed by atoms with Gasteiger partial charge in [-0.25, -0.2) is 4.79 Å². The zero-order chi connectivity index (χ0) is 24.5. The molecule has 0 aromatic heterocycles. The van der Waals surface area contributed by atoms with Gasteiger partial charge in [-0.3, -0.25) is 4.79 Å². The normalized spacial score (nSPS) is 19.4. The van der Waals surface area contributed by atoms with Crippen LogP contribution in [-0.2, 0) is 20.9 Å². The Hall–Kier alpha value is -2.86. The standard InChI is InChI=1S/C28H30BrNO4/c1-5-33-27(32)24-17(2)30-22-14-28(3,4)15-23(31)26(22)25(24)19-8-12-21(13-9-19)34-16-18-6-10-20(29)11-7-18/h6-13,25,30H,5,14-16H2,1-4H3/t25-/m0/s1. The maximum absolute atomic E-state index is 13.3. The Morgan fingerprint density at radius 1 is 1.09 bits per heavy atom. The molecule has 1 heterocycles. The summed E-state index contributed by atoms with van der Waals surface area (Å²) in [7, 11) is 0. The number of carbonyl (C=O) groups is 2. The zero-order valence-electron chi connectivity index (χ0n) is 20.0. The quantitative estimate of drug-likeness (QED) is 0.457. The maximum atomic E-state index is 13.3. The molecule has 1 aliphatic carbocycles. The van der Waals surface area contributed by atoms with Crippen LogP contribution in [0.15, 0.2) is 75.5 Å². The van der Waals surface area contributed by atoms with E-state index in [1.54, 1.807) is 6.92 Å². The van der Waals surface area contributed by atoms with Crippen LogP contribution in [0, 0.1) is 5.41 Å². The highest BCUT2D eigenvalue weighted by molar-refractivity contribution is 9.10. The van der Waals surface area contributed by atoms with E-state index in [4.69, 9.17) is 9.47 Å². The molecule has 5 nitrogen and oxygen atoms in total. The van der Waals surface area contributed by atoms with Gasteiger partial charge in [0.1, 0.15) is 12.4 Å². The van der Waals surface area contributed by atoms with Gasteiger partial charge in [0, 0.05) is 33.8 Å². The van der Waals surface area contributed by atoms with E-state index in [1.165, 1.54) is 0 Å². The molecule has 6 heteroatoms. The number of hydrogen-bond acceptors (Lipinski definition) is 5. The zero-order valence-corrected chi connectivity index (χ0v) is 21.6. The van der Waals surface area contributed by atoms with Gasteiger partial charge in [0.05, 0.1) is 12.2 Å². The first-order valence-corrected chi connectivity index (χ1v) is 12.4. The molecule has 2 aromatic carbocycles. The van der Waals surface area contributed by atoms with Crippen LogP contribution in [0.5, 0.6) is 5.75 Å². The lowest BCUT2D eigenvalue weighted by molar-refractivity contribution is -0.138. The highest BCUT2D eigenvalue weighted by Gasteiger charge is 2.43. The Bertz CT molecular complexity index is 1160. The number of dihydropyridines is 1. The van der Waals surface area contributed by atoms with Crippen LogP contribution in [0.1, 0.15) is 57.6 Å². The van der Waals surface area contributed by atoms with E-state index in [0.29, 0.717) is 24.2 Å². The average Bonchev–Trinajstić information content (AvgIpc) is 2.77. The van der Waals surface area contributed by atoms with Crippen LogP contribution in [0.2, 0.25) is 0 Å². The van der Waals surface area contributed by atoms with Crippen LogP contribution in [0.4, 0.5) is 0 Å². The van der Waals surface area contributed by atoms with Crippen molar-refractivity contribution in [3.63, 3.8) is 0 Å². The van der Waals surface area contributed by atoms with Gasteiger partial charge >= 0.3 is 5.97 Å². The summed E-state index contributed by atoms with van der Waals surface area (Å²) in [4.78, 5) is 26.3. The number of hydrogen-bond donors (Lipinski definition) is 1. The minimum Gasteiger partial charge on any atom is -0.489 e. The molecule has 0 saturated heterocycles. The Kier molecular flexibility index (Phi) is 6.99. The topological polar surface area (TPSA) is 64.6 Å². The van der Waals surface area contributed by atoms with E-state index in [2.05, 4.69) is 35.1 Å². The van der Waals surface area contributed by atoms with Crippen molar-refractivity contribution in [2.75, 3.05) is 6.61 Å². The molecule has 0 unspecified atom stereocenters. The van der Waals surface area contributed by atoms with E-state index in [0.717, 1.165) is 39.2 Å². The van der Waals surface area contributed by atoms with Gasteiger partial charge in [-0.2, -0.15) is 0 Å². The Labute approximate surface area is 209 Å². The van der Waals surface area contributed by atoms with Crippen LogP contribution in [-0.4, -0.2) is 18.4 Å². The van der Waals surface area contributed by atoms with Crippen molar-refractivity contribution in [1.29, 1.82) is 0 Å². The first-order chi connectivity index (χ1) is 16.2.